The summed E-state index contributed by atoms with van der Waals surface area (Å²) >= 11 is 1.88. The van der Waals surface area contributed by atoms with Gasteiger partial charge in [-0.1, -0.05) is 134 Å². The molecule has 0 amide bonds. The molecular formula is C65H57BN2O2S. The number of para-hydroxylation sites is 1. The first-order valence-corrected chi connectivity index (χ1v) is 26.7. The standard InChI is InChI=1S/C65H57BN2O2S/c1-36-31-44-46(64(6,7)29-27-62(44,2)3)34-50(36)67-58-42-33-45-47(65(8,9)30-28-63(45,4)5)35-52(42)70-61(58)66-57-43(32-41-39-19-12-14-22-51(39)69-60(41)59(57)67)55-38-18-11-10-17-37(38)25-26-49(55)68(66)48-21-16-24-54-56(48)40-20-13-15-23-53(40)71-54/h10-26,31-35H,27-30H2,1-9H3. The van der Waals surface area contributed by atoms with Crippen molar-refractivity contribution < 1.29 is 8.83 Å². The van der Waals surface area contributed by atoms with Gasteiger partial charge in [-0.05, 0) is 158 Å². The second kappa shape index (κ2) is 13.8. The van der Waals surface area contributed by atoms with Crippen LogP contribution in [0.4, 0.5) is 28.4 Å². The average molecular weight is 941 g/mol. The van der Waals surface area contributed by atoms with Gasteiger partial charge >= 0.3 is 6.85 Å². The monoisotopic (exact) mass is 940 g/mol. The second-order valence-corrected chi connectivity index (χ2v) is 25.2. The highest BCUT2D eigenvalue weighted by atomic mass is 32.1. The normalized spacial score (nSPS) is 18.1. The summed E-state index contributed by atoms with van der Waals surface area (Å²) in [5, 5.41) is 8.42. The van der Waals surface area contributed by atoms with Crippen LogP contribution in [0.25, 0.3) is 75.0 Å². The van der Waals surface area contributed by atoms with Crippen LogP contribution in [-0.2, 0) is 21.7 Å². The maximum atomic E-state index is 7.84. The van der Waals surface area contributed by atoms with Gasteiger partial charge in [-0.3, -0.25) is 0 Å². The van der Waals surface area contributed by atoms with Crippen molar-refractivity contribution in [3.8, 4) is 11.1 Å². The van der Waals surface area contributed by atoms with E-state index in [1.165, 1.54) is 92.4 Å². The zero-order valence-corrected chi connectivity index (χ0v) is 43.0. The SMILES string of the molecule is Cc1cc2c(cc1N1c3c(oc4cc5c(cc34)C(C)(C)CCC5(C)C)B3c4c(cc5c(oc6ccccc65)c41)-c1c(ccc4ccccc14)N3c1cccc3sc4ccccc4c13)C(C)(C)CCC2(C)C. The summed E-state index contributed by atoms with van der Waals surface area (Å²) in [6.45, 7) is 21.6. The van der Waals surface area contributed by atoms with E-state index in [-0.39, 0.29) is 28.5 Å². The Morgan fingerprint density at radius 2 is 1.13 bits per heavy atom. The molecule has 0 radical (unpaired) electrons. The highest BCUT2D eigenvalue weighted by Crippen LogP contribution is 2.58. The van der Waals surface area contributed by atoms with E-state index in [4.69, 9.17) is 8.83 Å². The molecule has 0 N–H and O–H groups in total. The van der Waals surface area contributed by atoms with Crippen LogP contribution < -0.4 is 20.8 Å². The quantitative estimate of drug-likeness (QED) is 0.162. The highest BCUT2D eigenvalue weighted by molar-refractivity contribution is 7.26. The van der Waals surface area contributed by atoms with Gasteiger partial charge < -0.3 is 18.5 Å². The largest absolute Gasteiger partial charge is 0.466 e. The number of anilines is 5. The topological polar surface area (TPSA) is 32.8 Å². The fourth-order valence-corrected chi connectivity index (χ4v) is 15.1. The van der Waals surface area contributed by atoms with Gasteiger partial charge in [0.2, 0.25) is 0 Å². The zero-order chi connectivity index (χ0) is 48.2. The summed E-state index contributed by atoms with van der Waals surface area (Å²) in [4.78, 5) is 5.30. The summed E-state index contributed by atoms with van der Waals surface area (Å²) in [7, 11) is 0. The Labute approximate surface area is 420 Å². The van der Waals surface area contributed by atoms with Crippen LogP contribution in [0.1, 0.15) is 109 Å². The molecule has 71 heavy (non-hydrogen) atoms. The maximum absolute atomic E-state index is 7.84. The van der Waals surface area contributed by atoms with Gasteiger partial charge in [-0.2, -0.15) is 0 Å². The molecule has 6 heteroatoms. The van der Waals surface area contributed by atoms with Crippen LogP contribution in [0.2, 0.25) is 0 Å². The first-order chi connectivity index (χ1) is 34.1. The molecular weight excluding hydrogens is 884 g/mol. The van der Waals surface area contributed by atoms with Crippen LogP contribution in [0.3, 0.4) is 0 Å². The fourth-order valence-electron chi connectivity index (χ4n) is 13.9. The molecule has 0 fully saturated rings. The predicted molar refractivity (Wildman–Crippen MR) is 303 cm³/mol. The summed E-state index contributed by atoms with van der Waals surface area (Å²) in [5.74, 6) is 0. The summed E-state index contributed by atoms with van der Waals surface area (Å²) < 4.78 is 17.8. The van der Waals surface area contributed by atoms with Gasteiger partial charge in [0.15, 0.2) is 5.58 Å². The van der Waals surface area contributed by atoms with Gasteiger partial charge in [-0.15, -0.1) is 11.3 Å². The van der Waals surface area contributed by atoms with Crippen LogP contribution >= 0.6 is 11.3 Å². The van der Waals surface area contributed by atoms with E-state index >= 15 is 0 Å². The molecule has 0 atom stereocenters. The van der Waals surface area contributed by atoms with Crippen LogP contribution in [0.15, 0.2) is 142 Å². The minimum atomic E-state index is -0.347. The molecule has 11 aromatic rings. The number of aryl methyl sites for hydroxylation is 1. The lowest BCUT2D eigenvalue weighted by Crippen LogP contribution is -2.61. The molecule has 0 saturated carbocycles. The Morgan fingerprint density at radius 3 is 1.89 bits per heavy atom. The van der Waals surface area contributed by atoms with Crippen molar-refractivity contribution in [1.82, 2.24) is 0 Å². The maximum Gasteiger partial charge on any atom is 0.376 e. The summed E-state index contributed by atoms with van der Waals surface area (Å²) in [6, 6.07) is 50.8. The van der Waals surface area contributed by atoms with Crippen molar-refractivity contribution in [2.45, 2.75) is 110 Å². The first kappa shape index (κ1) is 42.0. The molecule has 0 spiro atoms. The molecule has 5 heterocycles. The van der Waals surface area contributed by atoms with Crippen molar-refractivity contribution in [3.05, 3.63) is 161 Å². The van der Waals surface area contributed by atoms with Gasteiger partial charge in [0.05, 0.1) is 11.4 Å². The molecule has 4 aliphatic rings. The molecule has 3 aromatic heterocycles. The lowest BCUT2D eigenvalue weighted by atomic mass is 9.45. The highest BCUT2D eigenvalue weighted by Gasteiger charge is 2.52. The number of hydrogen-bond acceptors (Lipinski definition) is 5. The van der Waals surface area contributed by atoms with E-state index in [2.05, 4.69) is 205 Å². The van der Waals surface area contributed by atoms with Crippen LogP contribution in [0, 0.1) is 6.92 Å². The minimum absolute atomic E-state index is 0.00257. The zero-order valence-electron chi connectivity index (χ0n) is 42.2. The van der Waals surface area contributed by atoms with E-state index in [0.717, 1.165) is 75.6 Å². The molecule has 15 rings (SSSR count). The molecule has 2 aliphatic carbocycles. The summed E-state index contributed by atoms with van der Waals surface area (Å²) in [5.41, 5.74) is 20.2. The molecule has 0 saturated heterocycles. The van der Waals surface area contributed by atoms with E-state index in [0.29, 0.717) is 0 Å². The van der Waals surface area contributed by atoms with Crippen molar-refractivity contribution in [2.75, 3.05) is 9.71 Å². The lowest BCUT2D eigenvalue weighted by Gasteiger charge is -2.46. The average Bonchev–Trinajstić information content (AvgIpc) is 4.06. The van der Waals surface area contributed by atoms with Crippen molar-refractivity contribution in [2.24, 2.45) is 0 Å². The number of thiophene rings is 1. The smallest absolute Gasteiger partial charge is 0.376 e. The molecule has 0 unspecified atom stereocenters. The van der Waals surface area contributed by atoms with Crippen LogP contribution in [-0.4, -0.2) is 6.85 Å². The Hall–Kier alpha value is -6.76. The number of hydrogen-bond donors (Lipinski definition) is 0. The molecule has 8 aromatic carbocycles. The van der Waals surface area contributed by atoms with Crippen LogP contribution in [0.5, 0.6) is 0 Å². The number of fused-ring (bicyclic) bond motifs is 17. The Bertz CT molecular complexity index is 4180. The number of rotatable bonds is 2. The third kappa shape index (κ3) is 5.52. The molecule has 0 bridgehead atoms. The van der Waals surface area contributed by atoms with Crippen molar-refractivity contribution in [3.63, 3.8) is 0 Å². The fraction of sp³-hybridized carbons (Fsp3) is 0.262. The van der Waals surface area contributed by atoms with E-state index in [1.807, 2.05) is 11.3 Å². The van der Waals surface area contributed by atoms with Gasteiger partial charge in [0, 0.05) is 59.0 Å². The second-order valence-electron chi connectivity index (χ2n) is 24.1. The van der Waals surface area contributed by atoms with Gasteiger partial charge in [0.1, 0.15) is 16.8 Å². The molecule has 2 aliphatic heterocycles. The van der Waals surface area contributed by atoms with Gasteiger partial charge in [-0.25, -0.2) is 0 Å². The molecule has 348 valence electrons. The number of nitrogens with zero attached hydrogens (tertiary/aromatic N) is 2. The third-order valence-electron chi connectivity index (χ3n) is 18.1. The van der Waals surface area contributed by atoms with E-state index < -0.39 is 0 Å². The van der Waals surface area contributed by atoms with E-state index in [9.17, 15) is 0 Å². The Balaban J connectivity index is 1.17. The Kier molecular flexibility index (Phi) is 8.16. The Morgan fingerprint density at radius 1 is 0.493 bits per heavy atom. The minimum Gasteiger partial charge on any atom is -0.466 e. The predicted octanol–water partition coefficient (Wildman–Crippen LogP) is 17.6. The van der Waals surface area contributed by atoms with Crippen molar-refractivity contribution >= 4 is 122 Å². The third-order valence-corrected chi connectivity index (χ3v) is 19.2. The first-order valence-electron chi connectivity index (χ1n) is 25.9. The number of benzene rings is 8. The lowest BCUT2D eigenvalue weighted by molar-refractivity contribution is 0.332. The van der Waals surface area contributed by atoms with Crippen molar-refractivity contribution in [1.29, 1.82) is 0 Å². The molecule has 4 nitrogen and oxygen atoms in total. The van der Waals surface area contributed by atoms with E-state index in [1.54, 1.807) is 0 Å². The summed E-state index contributed by atoms with van der Waals surface area (Å²) in [6.07, 6.45) is 4.55. The number of furan rings is 2. The van der Waals surface area contributed by atoms with Gasteiger partial charge in [0.25, 0.3) is 0 Å².